The molecule has 7 heteroatoms. The minimum absolute atomic E-state index is 0.146. The van der Waals surface area contributed by atoms with Crippen molar-refractivity contribution in [1.29, 1.82) is 0 Å². The van der Waals surface area contributed by atoms with Gasteiger partial charge in [0.1, 0.15) is 5.75 Å². The molecule has 2 rings (SSSR count). The summed E-state index contributed by atoms with van der Waals surface area (Å²) in [5.41, 5.74) is 3.40. The molecule has 0 radical (unpaired) electrons. The van der Waals surface area contributed by atoms with Crippen molar-refractivity contribution >= 4 is 38.9 Å². The van der Waals surface area contributed by atoms with E-state index in [2.05, 4.69) is 0 Å². The first kappa shape index (κ1) is 20.7. The van der Waals surface area contributed by atoms with Crippen LogP contribution in [0.4, 0.5) is 0 Å². The van der Waals surface area contributed by atoms with Crippen molar-refractivity contribution in [3.63, 3.8) is 0 Å². The van der Waals surface area contributed by atoms with Crippen LogP contribution in [0, 0.1) is 13.8 Å². The molecular weight excluding hydrogens is 393 g/mol. The predicted molar refractivity (Wildman–Crippen MR) is 106 cm³/mol. The first-order valence-corrected chi connectivity index (χ1v) is 10.6. The van der Waals surface area contributed by atoms with E-state index in [-0.39, 0.29) is 12.3 Å². The van der Waals surface area contributed by atoms with E-state index in [0.29, 0.717) is 10.0 Å². The van der Waals surface area contributed by atoms with Crippen LogP contribution in [0.5, 0.6) is 0 Å². The van der Waals surface area contributed by atoms with Crippen molar-refractivity contribution < 1.29 is 13.2 Å². The highest BCUT2D eigenvalue weighted by Crippen LogP contribution is 2.23. The van der Waals surface area contributed by atoms with Gasteiger partial charge in [-0.3, -0.25) is 4.79 Å². The summed E-state index contributed by atoms with van der Waals surface area (Å²) in [6.07, 6.45) is 0. The molecule has 0 aliphatic carbocycles. The zero-order valence-electron chi connectivity index (χ0n) is 14.9. The van der Waals surface area contributed by atoms with Crippen molar-refractivity contribution in [2.75, 3.05) is 12.8 Å². The summed E-state index contributed by atoms with van der Waals surface area (Å²) in [5, 5.41) is 0.827. The molecule has 0 unspecified atom stereocenters. The molecule has 1 amide bonds. The summed E-state index contributed by atoms with van der Waals surface area (Å²) in [6.45, 7) is 4.03. The molecule has 0 aliphatic heterocycles. The minimum atomic E-state index is -3.56. The van der Waals surface area contributed by atoms with Crippen LogP contribution in [0.2, 0.25) is 10.0 Å². The molecule has 0 saturated heterocycles. The van der Waals surface area contributed by atoms with Crippen molar-refractivity contribution in [3.05, 3.63) is 68.7 Å². The quantitative estimate of drug-likeness (QED) is 0.713. The largest absolute Gasteiger partial charge is 0.341 e. The molecule has 140 valence electrons. The number of aryl methyl sites for hydroxylation is 2. The maximum Gasteiger partial charge on any atom is 0.237 e. The number of carbonyl (C=O) groups is 1. The van der Waals surface area contributed by atoms with Gasteiger partial charge in [-0.2, -0.15) is 0 Å². The second-order valence-electron chi connectivity index (χ2n) is 6.46. The standard InChI is InChI=1S/C19H21Cl2NO3S/c1-13-4-5-14(2)16(8-13)11-26(24,25)12-19(23)22(3)10-15-6-7-17(20)18(21)9-15/h4-9H,10-12H2,1-3H3. The molecule has 26 heavy (non-hydrogen) atoms. The van der Waals surface area contributed by atoms with Crippen molar-refractivity contribution in [3.8, 4) is 0 Å². The molecule has 2 aromatic rings. The molecule has 0 bridgehead atoms. The van der Waals surface area contributed by atoms with Crippen molar-refractivity contribution in [2.45, 2.75) is 26.1 Å². The highest BCUT2D eigenvalue weighted by molar-refractivity contribution is 7.91. The molecule has 4 nitrogen and oxygen atoms in total. The molecule has 0 saturated carbocycles. The monoisotopic (exact) mass is 413 g/mol. The fourth-order valence-electron chi connectivity index (χ4n) is 2.54. The van der Waals surface area contributed by atoms with Gasteiger partial charge in [0, 0.05) is 13.6 Å². The first-order valence-electron chi connectivity index (χ1n) is 8.02. The molecule has 0 spiro atoms. The van der Waals surface area contributed by atoms with Crippen LogP contribution >= 0.6 is 23.2 Å². The van der Waals surface area contributed by atoms with Crippen LogP contribution in [0.25, 0.3) is 0 Å². The smallest absolute Gasteiger partial charge is 0.237 e. The van der Waals surface area contributed by atoms with Gasteiger partial charge in [0.05, 0.1) is 15.8 Å². The van der Waals surface area contributed by atoms with Crippen molar-refractivity contribution in [2.24, 2.45) is 0 Å². The van der Waals surface area contributed by atoms with E-state index >= 15 is 0 Å². The number of halogens is 2. The number of benzene rings is 2. The Morgan fingerprint density at radius 2 is 1.73 bits per heavy atom. The summed E-state index contributed by atoms with van der Waals surface area (Å²) in [5.74, 6) is -1.13. The highest BCUT2D eigenvalue weighted by atomic mass is 35.5. The van der Waals surface area contributed by atoms with Gasteiger partial charge >= 0.3 is 0 Å². The third-order valence-corrected chi connectivity index (χ3v) is 6.23. The maximum absolute atomic E-state index is 12.4. The van der Waals surface area contributed by atoms with Gasteiger partial charge in [0.25, 0.3) is 0 Å². The van der Waals surface area contributed by atoms with Gasteiger partial charge in [-0.25, -0.2) is 8.42 Å². The maximum atomic E-state index is 12.4. The zero-order chi connectivity index (χ0) is 19.5. The lowest BCUT2D eigenvalue weighted by atomic mass is 10.1. The van der Waals surface area contributed by atoms with Crippen LogP contribution in [0.3, 0.4) is 0 Å². The highest BCUT2D eigenvalue weighted by Gasteiger charge is 2.21. The minimum Gasteiger partial charge on any atom is -0.341 e. The van der Waals surface area contributed by atoms with E-state index in [1.54, 1.807) is 25.2 Å². The molecule has 0 fully saturated rings. The van der Waals surface area contributed by atoms with Gasteiger partial charge in [0.2, 0.25) is 5.91 Å². The van der Waals surface area contributed by atoms with Gasteiger partial charge < -0.3 is 4.90 Å². The number of hydrogen-bond acceptors (Lipinski definition) is 3. The number of rotatable bonds is 6. The molecule has 0 aliphatic rings. The Morgan fingerprint density at radius 1 is 1.04 bits per heavy atom. The van der Waals surface area contributed by atoms with E-state index in [0.717, 1.165) is 22.3 Å². The Labute approximate surface area is 164 Å². The molecule has 0 atom stereocenters. The number of carbonyl (C=O) groups excluding carboxylic acids is 1. The molecule has 0 aromatic heterocycles. The Hall–Kier alpha value is -1.56. The average Bonchev–Trinajstić information content (AvgIpc) is 2.53. The van der Waals surface area contributed by atoms with E-state index in [1.165, 1.54) is 4.90 Å². The first-order chi connectivity index (χ1) is 12.1. The Morgan fingerprint density at radius 3 is 2.38 bits per heavy atom. The van der Waals surface area contributed by atoms with E-state index in [1.807, 2.05) is 32.0 Å². The Kier molecular flexibility index (Phi) is 6.72. The Bertz CT molecular complexity index is 926. The molecule has 2 aromatic carbocycles. The summed E-state index contributed by atoms with van der Waals surface area (Å²) in [4.78, 5) is 13.7. The lowest BCUT2D eigenvalue weighted by Gasteiger charge is -2.18. The fourth-order valence-corrected chi connectivity index (χ4v) is 4.35. The predicted octanol–water partition coefficient (Wildman–Crippen LogP) is 4.18. The van der Waals surface area contributed by atoms with Crippen LogP contribution < -0.4 is 0 Å². The van der Waals surface area contributed by atoms with Gasteiger partial charge in [-0.05, 0) is 42.7 Å². The topological polar surface area (TPSA) is 54.5 Å². The van der Waals surface area contributed by atoms with Crippen LogP contribution in [0.1, 0.15) is 22.3 Å². The lowest BCUT2D eigenvalue weighted by Crippen LogP contribution is -2.32. The number of sulfone groups is 1. The molecule has 0 heterocycles. The average molecular weight is 414 g/mol. The van der Waals surface area contributed by atoms with E-state index in [9.17, 15) is 13.2 Å². The number of amides is 1. The summed E-state index contributed by atoms with van der Waals surface area (Å²) >= 11 is 11.8. The molecule has 0 N–H and O–H groups in total. The lowest BCUT2D eigenvalue weighted by molar-refractivity contribution is -0.127. The van der Waals surface area contributed by atoms with Gasteiger partial charge in [-0.1, -0.05) is 53.0 Å². The number of hydrogen-bond donors (Lipinski definition) is 0. The second-order valence-corrected chi connectivity index (χ2v) is 9.34. The molecular formula is C19H21Cl2NO3S. The third-order valence-electron chi connectivity index (χ3n) is 4.05. The third kappa shape index (κ3) is 5.73. The van der Waals surface area contributed by atoms with Crippen LogP contribution in [-0.4, -0.2) is 32.0 Å². The van der Waals surface area contributed by atoms with E-state index < -0.39 is 21.5 Å². The fraction of sp³-hybridized carbons (Fsp3) is 0.316. The van der Waals surface area contributed by atoms with Crippen LogP contribution in [0.15, 0.2) is 36.4 Å². The normalized spacial score (nSPS) is 11.4. The zero-order valence-corrected chi connectivity index (χ0v) is 17.2. The van der Waals surface area contributed by atoms with E-state index in [4.69, 9.17) is 23.2 Å². The number of nitrogens with zero attached hydrogens (tertiary/aromatic N) is 1. The Balaban J connectivity index is 2.04. The van der Waals surface area contributed by atoms with Crippen LogP contribution in [-0.2, 0) is 26.9 Å². The van der Waals surface area contributed by atoms with Gasteiger partial charge in [0.15, 0.2) is 9.84 Å². The summed E-state index contributed by atoms with van der Waals surface area (Å²) in [7, 11) is -2.00. The summed E-state index contributed by atoms with van der Waals surface area (Å²) in [6, 6.07) is 10.7. The van der Waals surface area contributed by atoms with Crippen molar-refractivity contribution in [1.82, 2.24) is 4.90 Å². The SMILES string of the molecule is Cc1ccc(C)c(CS(=O)(=O)CC(=O)N(C)Cc2ccc(Cl)c(Cl)c2)c1. The van der Waals surface area contributed by atoms with Gasteiger partial charge in [-0.15, -0.1) is 0 Å². The summed E-state index contributed by atoms with van der Waals surface area (Å²) < 4.78 is 24.9. The second kappa shape index (κ2) is 8.42.